The van der Waals surface area contributed by atoms with Crippen LogP contribution in [-0.2, 0) is 4.79 Å². The first-order valence-corrected chi connectivity index (χ1v) is 9.83. The fraction of sp³-hybridized carbons (Fsp3) is 0.611. The first kappa shape index (κ1) is 18.6. The zero-order chi connectivity index (χ0) is 16.7. The second-order valence-electron chi connectivity index (χ2n) is 6.13. The van der Waals surface area contributed by atoms with E-state index in [0.29, 0.717) is 12.5 Å². The Hall–Kier alpha value is -0.710. The predicted molar refractivity (Wildman–Crippen MR) is 99.3 cm³/mol. The second kappa shape index (κ2) is 9.55. The molecule has 0 saturated carbocycles. The molecule has 0 atom stereocenters. The van der Waals surface area contributed by atoms with Crippen LogP contribution in [0.2, 0.25) is 5.02 Å². The summed E-state index contributed by atoms with van der Waals surface area (Å²) in [7, 11) is 1.97. The Morgan fingerprint density at radius 2 is 1.96 bits per heavy atom. The summed E-state index contributed by atoms with van der Waals surface area (Å²) < 4.78 is 0. The largest absolute Gasteiger partial charge is 0.343 e. The first-order valence-electron chi connectivity index (χ1n) is 8.46. The van der Waals surface area contributed by atoms with Crippen LogP contribution in [0, 0.1) is 0 Å². The topological polar surface area (TPSA) is 23.6 Å². The highest BCUT2D eigenvalue weighted by Gasteiger charge is 2.24. The summed E-state index contributed by atoms with van der Waals surface area (Å²) in [5.41, 5.74) is 0. The molecule has 1 fully saturated rings. The molecule has 0 spiro atoms. The molecule has 1 aromatic carbocycles. The number of rotatable bonds is 7. The molecular formula is C18H27ClN2OS. The maximum absolute atomic E-state index is 12.4. The minimum absolute atomic E-state index is 0.264. The smallest absolute Gasteiger partial charge is 0.223 e. The monoisotopic (exact) mass is 354 g/mol. The van der Waals surface area contributed by atoms with E-state index < -0.39 is 0 Å². The van der Waals surface area contributed by atoms with Gasteiger partial charge in [-0.05, 0) is 50.1 Å². The van der Waals surface area contributed by atoms with Gasteiger partial charge in [-0.15, -0.1) is 11.8 Å². The van der Waals surface area contributed by atoms with Crippen molar-refractivity contribution in [3.05, 3.63) is 29.3 Å². The average molecular weight is 355 g/mol. The van der Waals surface area contributed by atoms with Crippen LogP contribution in [0.15, 0.2) is 29.2 Å². The third-order valence-corrected chi connectivity index (χ3v) is 5.70. The Balaban J connectivity index is 1.69. The van der Waals surface area contributed by atoms with Gasteiger partial charge in [0.1, 0.15) is 0 Å². The molecule has 0 radical (unpaired) electrons. The van der Waals surface area contributed by atoms with E-state index in [0.717, 1.165) is 41.6 Å². The van der Waals surface area contributed by atoms with Crippen LogP contribution < -0.4 is 0 Å². The van der Waals surface area contributed by atoms with Crippen molar-refractivity contribution in [1.82, 2.24) is 9.80 Å². The maximum atomic E-state index is 12.4. The van der Waals surface area contributed by atoms with Crippen LogP contribution in [0.25, 0.3) is 0 Å². The third-order valence-electron chi connectivity index (χ3n) is 4.44. The molecule has 128 valence electrons. The van der Waals surface area contributed by atoms with Crippen LogP contribution in [0.4, 0.5) is 0 Å². The van der Waals surface area contributed by atoms with Crippen LogP contribution in [-0.4, -0.2) is 54.2 Å². The standard InChI is InChI=1S/C18H27ClN2OS/c1-3-11-21-12-8-16(9-13-21)20(2)18(22)10-14-23-17-6-4-15(19)5-7-17/h4-7,16H,3,8-14H2,1-2H3. The van der Waals surface area contributed by atoms with Crippen molar-refractivity contribution in [2.75, 3.05) is 32.4 Å². The van der Waals surface area contributed by atoms with Gasteiger partial charge in [-0.1, -0.05) is 18.5 Å². The number of hydrogen-bond donors (Lipinski definition) is 0. The van der Waals surface area contributed by atoms with E-state index in [4.69, 9.17) is 11.6 Å². The molecule has 1 aliphatic heterocycles. The van der Waals surface area contributed by atoms with Gasteiger partial charge in [0.25, 0.3) is 0 Å². The molecule has 0 aromatic heterocycles. The molecule has 0 unspecified atom stereocenters. The number of carbonyl (C=O) groups excluding carboxylic acids is 1. The lowest BCUT2D eigenvalue weighted by Crippen LogP contribution is -2.45. The van der Waals surface area contributed by atoms with Crippen molar-refractivity contribution in [2.45, 2.75) is 43.5 Å². The Morgan fingerprint density at radius 3 is 2.57 bits per heavy atom. The summed E-state index contributed by atoms with van der Waals surface area (Å²) in [6.45, 7) is 5.65. The van der Waals surface area contributed by atoms with E-state index in [9.17, 15) is 4.79 Å². The number of halogens is 1. The summed E-state index contributed by atoms with van der Waals surface area (Å²) in [4.78, 5) is 18.0. The summed E-state index contributed by atoms with van der Waals surface area (Å²) in [6, 6.07) is 8.20. The van der Waals surface area contributed by atoms with Crippen LogP contribution >= 0.6 is 23.4 Å². The number of carbonyl (C=O) groups is 1. The van der Waals surface area contributed by atoms with Crippen molar-refractivity contribution in [1.29, 1.82) is 0 Å². The van der Waals surface area contributed by atoms with Gasteiger partial charge in [0.15, 0.2) is 0 Å². The van der Waals surface area contributed by atoms with Gasteiger partial charge in [-0.25, -0.2) is 0 Å². The molecule has 1 aliphatic rings. The molecule has 3 nitrogen and oxygen atoms in total. The van der Waals surface area contributed by atoms with Gasteiger partial charge in [0.2, 0.25) is 5.91 Å². The predicted octanol–water partition coefficient (Wildman–Crippen LogP) is 4.16. The molecule has 0 aliphatic carbocycles. The summed E-state index contributed by atoms with van der Waals surface area (Å²) >= 11 is 7.59. The number of piperidine rings is 1. The molecule has 1 aromatic rings. The number of thioether (sulfide) groups is 1. The highest BCUT2D eigenvalue weighted by Crippen LogP contribution is 2.22. The lowest BCUT2D eigenvalue weighted by molar-refractivity contribution is -0.132. The molecule has 1 amide bonds. The summed E-state index contributed by atoms with van der Waals surface area (Å²) in [6.07, 6.45) is 4.01. The highest BCUT2D eigenvalue weighted by atomic mass is 35.5. The van der Waals surface area contributed by atoms with E-state index in [1.807, 2.05) is 36.2 Å². The maximum Gasteiger partial charge on any atom is 0.223 e. The minimum atomic E-state index is 0.264. The number of amides is 1. The van der Waals surface area contributed by atoms with E-state index in [2.05, 4.69) is 11.8 Å². The van der Waals surface area contributed by atoms with Crippen molar-refractivity contribution >= 4 is 29.3 Å². The Bertz CT molecular complexity index is 486. The Kier molecular flexibility index (Phi) is 7.74. The Morgan fingerprint density at radius 1 is 1.30 bits per heavy atom. The second-order valence-corrected chi connectivity index (χ2v) is 7.73. The Labute approximate surface area is 149 Å². The molecular weight excluding hydrogens is 328 g/mol. The molecule has 1 saturated heterocycles. The highest BCUT2D eigenvalue weighted by molar-refractivity contribution is 7.99. The van der Waals surface area contributed by atoms with Gasteiger partial charge in [-0.3, -0.25) is 4.79 Å². The minimum Gasteiger partial charge on any atom is -0.343 e. The van der Waals surface area contributed by atoms with E-state index in [1.54, 1.807) is 11.8 Å². The molecule has 0 bridgehead atoms. The number of nitrogens with zero attached hydrogens (tertiary/aromatic N) is 2. The van der Waals surface area contributed by atoms with Crippen molar-refractivity contribution in [3.8, 4) is 0 Å². The lowest BCUT2D eigenvalue weighted by atomic mass is 10.0. The zero-order valence-electron chi connectivity index (χ0n) is 14.1. The fourth-order valence-corrected chi connectivity index (χ4v) is 3.98. The molecule has 1 heterocycles. The van der Waals surface area contributed by atoms with Gasteiger partial charge >= 0.3 is 0 Å². The normalized spacial score (nSPS) is 16.5. The van der Waals surface area contributed by atoms with E-state index in [1.165, 1.54) is 13.0 Å². The number of benzene rings is 1. The summed E-state index contributed by atoms with van der Waals surface area (Å²) in [5.74, 6) is 1.08. The number of hydrogen-bond acceptors (Lipinski definition) is 3. The van der Waals surface area contributed by atoms with Crippen LogP contribution in [0.3, 0.4) is 0 Å². The van der Waals surface area contributed by atoms with Gasteiger partial charge in [0, 0.05) is 48.3 Å². The zero-order valence-corrected chi connectivity index (χ0v) is 15.7. The van der Waals surface area contributed by atoms with Gasteiger partial charge < -0.3 is 9.80 Å². The van der Waals surface area contributed by atoms with Gasteiger partial charge in [0.05, 0.1) is 0 Å². The van der Waals surface area contributed by atoms with Crippen LogP contribution in [0.1, 0.15) is 32.6 Å². The van der Waals surface area contributed by atoms with E-state index >= 15 is 0 Å². The van der Waals surface area contributed by atoms with Crippen LogP contribution in [0.5, 0.6) is 0 Å². The quantitative estimate of drug-likeness (QED) is 0.687. The third kappa shape index (κ3) is 6.02. The van der Waals surface area contributed by atoms with Gasteiger partial charge in [-0.2, -0.15) is 0 Å². The van der Waals surface area contributed by atoms with Crippen molar-refractivity contribution < 1.29 is 4.79 Å². The molecule has 0 N–H and O–H groups in total. The first-order chi connectivity index (χ1) is 11.1. The molecule has 2 rings (SSSR count). The lowest BCUT2D eigenvalue weighted by Gasteiger charge is -2.36. The van der Waals surface area contributed by atoms with E-state index in [-0.39, 0.29) is 5.91 Å². The molecule has 23 heavy (non-hydrogen) atoms. The SMILES string of the molecule is CCCN1CCC(N(C)C(=O)CCSc2ccc(Cl)cc2)CC1. The van der Waals surface area contributed by atoms with Crippen molar-refractivity contribution in [2.24, 2.45) is 0 Å². The fourth-order valence-electron chi connectivity index (χ4n) is 3.01. The van der Waals surface area contributed by atoms with Crippen molar-refractivity contribution in [3.63, 3.8) is 0 Å². The number of likely N-dealkylation sites (tertiary alicyclic amines) is 1. The average Bonchev–Trinajstić information content (AvgIpc) is 2.57. The molecule has 5 heteroatoms. The summed E-state index contributed by atoms with van der Waals surface area (Å²) in [5, 5.41) is 0.750.